The lowest BCUT2D eigenvalue weighted by atomic mass is 9.84. The molecule has 1 fully saturated rings. The van der Waals surface area contributed by atoms with Gasteiger partial charge in [-0.2, -0.15) is 0 Å². The standard InChI is InChI=1S/C11H23N.ClH/c1-2-6-11(12)9-10-7-4-3-5-8-10;/h10-11H,2-9,12H2,1H3;1H. The summed E-state index contributed by atoms with van der Waals surface area (Å²) < 4.78 is 0. The Bertz CT molecular complexity index is 111. The third-order valence-electron chi connectivity index (χ3n) is 3.02. The van der Waals surface area contributed by atoms with Gasteiger partial charge in [-0.1, -0.05) is 45.4 Å². The summed E-state index contributed by atoms with van der Waals surface area (Å²) in [6, 6.07) is 0.484. The van der Waals surface area contributed by atoms with Crippen molar-refractivity contribution in [2.24, 2.45) is 11.7 Å². The van der Waals surface area contributed by atoms with E-state index in [0.717, 1.165) is 5.92 Å². The minimum Gasteiger partial charge on any atom is -0.328 e. The highest BCUT2D eigenvalue weighted by atomic mass is 35.5. The fourth-order valence-corrected chi connectivity index (χ4v) is 2.34. The Labute approximate surface area is 88.9 Å². The molecule has 0 radical (unpaired) electrons. The van der Waals surface area contributed by atoms with Gasteiger partial charge in [-0.15, -0.1) is 12.4 Å². The summed E-state index contributed by atoms with van der Waals surface area (Å²) in [6.45, 7) is 2.22. The zero-order valence-corrected chi connectivity index (χ0v) is 9.61. The van der Waals surface area contributed by atoms with Gasteiger partial charge in [-0.05, 0) is 18.8 Å². The van der Waals surface area contributed by atoms with Crippen LogP contribution >= 0.6 is 12.4 Å². The first kappa shape index (κ1) is 13.2. The Kier molecular flexibility index (Phi) is 7.78. The third kappa shape index (κ3) is 5.53. The van der Waals surface area contributed by atoms with Crippen LogP contribution in [0.1, 0.15) is 58.3 Å². The lowest BCUT2D eigenvalue weighted by Gasteiger charge is -2.24. The minimum absolute atomic E-state index is 0. The molecule has 0 heterocycles. The Balaban J connectivity index is 0.00000144. The van der Waals surface area contributed by atoms with Crippen molar-refractivity contribution >= 4 is 12.4 Å². The molecule has 13 heavy (non-hydrogen) atoms. The van der Waals surface area contributed by atoms with Gasteiger partial charge in [-0.25, -0.2) is 0 Å². The van der Waals surface area contributed by atoms with Gasteiger partial charge in [0, 0.05) is 6.04 Å². The van der Waals surface area contributed by atoms with Crippen LogP contribution in [0.4, 0.5) is 0 Å². The van der Waals surface area contributed by atoms with Crippen LogP contribution in [0.3, 0.4) is 0 Å². The molecule has 0 aliphatic heterocycles. The molecular formula is C11H24ClN. The highest BCUT2D eigenvalue weighted by Crippen LogP contribution is 2.27. The SMILES string of the molecule is CCCC(N)CC1CCCCC1.Cl. The zero-order chi connectivity index (χ0) is 8.81. The largest absolute Gasteiger partial charge is 0.328 e. The molecule has 2 N–H and O–H groups in total. The molecule has 2 heteroatoms. The van der Waals surface area contributed by atoms with Crippen LogP contribution in [0.15, 0.2) is 0 Å². The van der Waals surface area contributed by atoms with E-state index in [1.54, 1.807) is 0 Å². The molecule has 1 rings (SSSR count). The Morgan fingerprint density at radius 1 is 1.23 bits per heavy atom. The first-order chi connectivity index (χ1) is 5.83. The van der Waals surface area contributed by atoms with E-state index in [9.17, 15) is 0 Å². The van der Waals surface area contributed by atoms with Crippen molar-refractivity contribution in [1.29, 1.82) is 0 Å². The Morgan fingerprint density at radius 2 is 1.85 bits per heavy atom. The zero-order valence-electron chi connectivity index (χ0n) is 8.80. The molecule has 0 aromatic heterocycles. The molecule has 0 spiro atoms. The molecule has 1 saturated carbocycles. The van der Waals surface area contributed by atoms with Gasteiger partial charge in [-0.3, -0.25) is 0 Å². The maximum Gasteiger partial charge on any atom is 0.00413 e. The second-order valence-electron chi connectivity index (χ2n) is 4.29. The van der Waals surface area contributed by atoms with Crippen LogP contribution in [0, 0.1) is 5.92 Å². The summed E-state index contributed by atoms with van der Waals surface area (Å²) in [5.74, 6) is 0.959. The fourth-order valence-electron chi connectivity index (χ4n) is 2.34. The topological polar surface area (TPSA) is 26.0 Å². The van der Waals surface area contributed by atoms with Gasteiger partial charge in [0.2, 0.25) is 0 Å². The smallest absolute Gasteiger partial charge is 0.00413 e. The van der Waals surface area contributed by atoms with Crippen LogP contribution in [-0.4, -0.2) is 6.04 Å². The van der Waals surface area contributed by atoms with Crippen molar-refractivity contribution in [2.45, 2.75) is 64.3 Å². The second kappa shape index (κ2) is 7.64. The predicted octanol–water partition coefficient (Wildman–Crippen LogP) is 3.51. The Hall–Kier alpha value is 0.250. The van der Waals surface area contributed by atoms with Gasteiger partial charge in [0.25, 0.3) is 0 Å². The molecule has 1 unspecified atom stereocenters. The summed E-state index contributed by atoms with van der Waals surface area (Å²) in [4.78, 5) is 0. The number of nitrogens with two attached hydrogens (primary N) is 1. The molecule has 1 nitrogen and oxygen atoms in total. The van der Waals surface area contributed by atoms with Gasteiger partial charge < -0.3 is 5.73 Å². The third-order valence-corrected chi connectivity index (χ3v) is 3.02. The normalized spacial score (nSPS) is 20.8. The molecule has 80 valence electrons. The molecule has 0 aromatic rings. The Morgan fingerprint density at radius 3 is 2.38 bits per heavy atom. The molecule has 0 amide bonds. The number of rotatable bonds is 4. The number of halogens is 1. The molecule has 0 aromatic carbocycles. The van der Waals surface area contributed by atoms with Crippen molar-refractivity contribution in [2.75, 3.05) is 0 Å². The van der Waals surface area contributed by atoms with Crippen LogP contribution in [-0.2, 0) is 0 Å². The lowest BCUT2D eigenvalue weighted by molar-refractivity contribution is 0.312. The van der Waals surface area contributed by atoms with E-state index in [1.807, 2.05) is 0 Å². The quantitative estimate of drug-likeness (QED) is 0.747. The van der Waals surface area contributed by atoms with E-state index in [-0.39, 0.29) is 12.4 Å². The molecule has 1 aliphatic carbocycles. The van der Waals surface area contributed by atoms with E-state index in [1.165, 1.54) is 51.4 Å². The fraction of sp³-hybridized carbons (Fsp3) is 1.00. The molecule has 0 saturated heterocycles. The van der Waals surface area contributed by atoms with Gasteiger partial charge in [0.05, 0.1) is 0 Å². The van der Waals surface area contributed by atoms with Crippen LogP contribution in [0.5, 0.6) is 0 Å². The first-order valence-corrected chi connectivity index (χ1v) is 5.58. The molecule has 1 aliphatic rings. The average molecular weight is 206 g/mol. The van der Waals surface area contributed by atoms with Crippen LogP contribution in [0.25, 0.3) is 0 Å². The van der Waals surface area contributed by atoms with Gasteiger partial charge in [0.1, 0.15) is 0 Å². The van der Waals surface area contributed by atoms with E-state index in [4.69, 9.17) is 5.73 Å². The lowest BCUT2D eigenvalue weighted by Crippen LogP contribution is -2.24. The highest BCUT2D eigenvalue weighted by Gasteiger charge is 2.15. The summed E-state index contributed by atoms with van der Waals surface area (Å²) >= 11 is 0. The van der Waals surface area contributed by atoms with Crippen molar-refractivity contribution in [3.05, 3.63) is 0 Å². The van der Waals surface area contributed by atoms with E-state index >= 15 is 0 Å². The number of hydrogen-bond acceptors (Lipinski definition) is 1. The van der Waals surface area contributed by atoms with Crippen molar-refractivity contribution < 1.29 is 0 Å². The van der Waals surface area contributed by atoms with Crippen LogP contribution < -0.4 is 5.73 Å². The molecule has 1 atom stereocenters. The predicted molar refractivity (Wildman–Crippen MR) is 61.3 cm³/mol. The van der Waals surface area contributed by atoms with Crippen molar-refractivity contribution in [3.63, 3.8) is 0 Å². The van der Waals surface area contributed by atoms with Gasteiger partial charge >= 0.3 is 0 Å². The summed E-state index contributed by atoms with van der Waals surface area (Å²) in [5, 5.41) is 0. The summed E-state index contributed by atoms with van der Waals surface area (Å²) in [6.07, 6.45) is 11.0. The average Bonchev–Trinajstić information content (AvgIpc) is 2.06. The van der Waals surface area contributed by atoms with Crippen molar-refractivity contribution in [3.8, 4) is 0 Å². The van der Waals surface area contributed by atoms with Gasteiger partial charge in [0.15, 0.2) is 0 Å². The highest BCUT2D eigenvalue weighted by molar-refractivity contribution is 5.85. The first-order valence-electron chi connectivity index (χ1n) is 5.58. The van der Waals surface area contributed by atoms with E-state index in [2.05, 4.69) is 6.92 Å². The molecule has 0 bridgehead atoms. The summed E-state index contributed by atoms with van der Waals surface area (Å²) in [7, 11) is 0. The summed E-state index contributed by atoms with van der Waals surface area (Å²) in [5.41, 5.74) is 6.02. The molecular weight excluding hydrogens is 182 g/mol. The maximum absolute atomic E-state index is 6.02. The van der Waals surface area contributed by atoms with E-state index < -0.39 is 0 Å². The number of hydrogen-bond donors (Lipinski definition) is 1. The second-order valence-corrected chi connectivity index (χ2v) is 4.29. The maximum atomic E-state index is 6.02. The van der Waals surface area contributed by atoms with Crippen LogP contribution in [0.2, 0.25) is 0 Å². The minimum atomic E-state index is 0. The van der Waals surface area contributed by atoms with Crippen molar-refractivity contribution in [1.82, 2.24) is 0 Å². The van der Waals surface area contributed by atoms with E-state index in [0.29, 0.717) is 6.04 Å². The monoisotopic (exact) mass is 205 g/mol.